The van der Waals surface area contributed by atoms with Crippen LogP contribution in [0.2, 0.25) is 0 Å². The molecule has 3 rings (SSSR count). The van der Waals surface area contributed by atoms with Gasteiger partial charge in [-0.25, -0.2) is 4.79 Å². The molecule has 138 valence electrons. The van der Waals surface area contributed by atoms with Crippen LogP contribution < -0.4 is 10.5 Å². The maximum atomic E-state index is 12.2. The first-order valence-corrected chi connectivity index (χ1v) is 8.30. The van der Waals surface area contributed by atoms with E-state index in [1.807, 2.05) is 0 Å². The number of carbonyl (C=O) groups excluding carboxylic acids is 2. The molecule has 0 bridgehead atoms. The van der Waals surface area contributed by atoms with Crippen molar-refractivity contribution in [3.05, 3.63) is 35.5 Å². The third-order valence-electron chi connectivity index (χ3n) is 4.75. The number of hydrogen-bond acceptors (Lipinski definition) is 5. The Morgan fingerprint density at radius 1 is 1.35 bits per heavy atom. The van der Waals surface area contributed by atoms with Crippen LogP contribution in [0.4, 0.5) is 0 Å². The number of aliphatic carboxylic acids is 1. The average Bonchev–Trinajstić information content (AvgIpc) is 2.90. The zero-order valence-electron chi connectivity index (χ0n) is 14.2. The maximum Gasteiger partial charge on any atom is 0.352 e. The summed E-state index contributed by atoms with van der Waals surface area (Å²) in [7, 11) is 0. The van der Waals surface area contributed by atoms with E-state index in [0.29, 0.717) is 23.3 Å². The van der Waals surface area contributed by atoms with Gasteiger partial charge in [-0.2, -0.15) is 0 Å². The van der Waals surface area contributed by atoms with Gasteiger partial charge in [-0.15, -0.1) is 0 Å². The quantitative estimate of drug-likeness (QED) is 0.602. The van der Waals surface area contributed by atoms with Crippen molar-refractivity contribution in [3.63, 3.8) is 0 Å². The highest BCUT2D eigenvalue weighted by atomic mass is 16.5. The van der Waals surface area contributed by atoms with E-state index in [9.17, 15) is 24.6 Å². The Bertz CT molecular complexity index is 783. The maximum absolute atomic E-state index is 12.2. The predicted molar refractivity (Wildman–Crippen MR) is 90.7 cm³/mol. The number of carboxylic acids is 1. The highest BCUT2D eigenvalue weighted by molar-refractivity contribution is 6.06. The molecule has 3 atom stereocenters. The fraction of sp³-hybridized carbons (Fsp3) is 0.389. The first-order valence-electron chi connectivity index (χ1n) is 8.30. The van der Waals surface area contributed by atoms with Gasteiger partial charge in [0.2, 0.25) is 11.8 Å². The molecule has 0 radical (unpaired) electrons. The van der Waals surface area contributed by atoms with Crippen LogP contribution in [0.25, 0.3) is 5.57 Å². The van der Waals surface area contributed by atoms with Crippen molar-refractivity contribution in [2.24, 2.45) is 11.7 Å². The van der Waals surface area contributed by atoms with E-state index in [1.165, 1.54) is 11.8 Å². The molecule has 8 heteroatoms. The van der Waals surface area contributed by atoms with Gasteiger partial charge in [0, 0.05) is 0 Å². The second kappa shape index (κ2) is 6.80. The van der Waals surface area contributed by atoms with Crippen molar-refractivity contribution in [3.8, 4) is 5.75 Å². The lowest BCUT2D eigenvalue weighted by Gasteiger charge is -2.44. The van der Waals surface area contributed by atoms with Crippen molar-refractivity contribution in [2.75, 3.05) is 6.61 Å². The first-order chi connectivity index (χ1) is 12.3. The summed E-state index contributed by atoms with van der Waals surface area (Å²) in [6.07, 6.45) is -0.334. The molecule has 0 unspecified atom stereocenters. The van der Waals surface area contributed by atoms with Crippen LogP contribution in [-0.2, 0) is 14.4 Å². The van der Waals surface area contributed by atoms with Gasteiger partial charge in [0.1, 0.15) is 11.4 Å². The summed E-state index contributed by atoms with van der Waals surface area (Å²) in [6, 6.07) is 6.45. The van der Waals surface area contributed by atoms with Crippen LogP contribution in [0.1, 0.15) is 25.3 Å². The molecule has 0 spiro atoms. The Morgan fingerprint density at radius 2 is 2.00 bits per heavy atom. The molecule has 1 aromatic rings. The minimum Gasteiger partial charge on any atom is -0.493 e. The standard InChI is InChI=1S/C18H20N2O6/c1-9(21)15-13-8-12(16(18(24)25)20(13)17(15)23)10-2-4-11(5-3-10)26-7-6-14(19)22/h2-5,9,13,15,21H,6-8H2,1H3,(H2,19,22)(H,24,25)/t9-,13-,15-/m1/s1. The fourth-order valence-electron chi connectivity index (χ4n) is 3.55. The van der Waals surface area contributed by atoms with Crippen molar-refractivity contribution >= 4 is 23.4 Å². The molecule has 0 aliphatic carbocycles. The fourth-order valence-corrected chi connectivity index (χ4v) is 3.55. The second-order valence-corrected chi connectivity index (χ2v) is 6.47. The predicted octanol–water partition coefficient (Wildman–Crippen LogP) is 0.348. The van der Waals surface area contributed by atoms with Crippen LogP contribution in [0.3, 0.4) is 0 Å². The van der Waals surface area contributed by atoms with Gasteiger partial charge in [0.15, 0.2) is 0 Å². The van der Waals surface area contributed by atoms with Gasteiger partial charge >= 0.3 is 5.97 Å². The number of nitrogens with two attached hydrogens (primary N) is 1. The summed E-state index contributed by atoms with van der Waals surface area (Å²) >= 11 is 0. The molecule has 1 fully saturated rings. The van der Waals surface area contributed by atoms with E-state index in [4.69, 9.17) is 10.5 Å². The minimum absolute atomic E-state index is 0.0284. The van der Waals surface area contributed by atoms with Crippen LogP contribution in [-0.4, -0.2) is 51.6 Å². The molecule has 26 heavy (non-hydrogen) atoms. The number of carboxylic acid groups (broad SMARTS) is 1. The van der Waals surface area contributed by atoms with Crippen molar-refractivity contribution in [1.82, 2.24) is 4.90 Å². The number of aliphatic hydroxyl groups excluding tert-OH is 1. The number of benzene rings is 1. The summed E-state index contributed by atoms with van der Waals surface area (Å²) in [6.45, 7) is 1.70. The largest absolute Gasteiger partial charge is 0.493 e. The van der Waals surface area contributed by atoms with Gasteiger partial charge in [-0.3, -0.25) is 9.59 Å². The van der Waals surface area contributed by atoms with E-state index in [-0.39, 0.29) is 30.7 Å². The molecule has 2 heterocycles. The van der Waals surface area contributed by atoms with Gasteiger partial charge in [-0.1, -0.05) is 12.1 Å². The number of hydrogen-bond donors (Lipinski definition) is 3. The monoisotopic (exact) mass is 360 g/mol. The highest BCUT2D eigenvalue weighted by Crippen LogP contribution is 2.47. The number of fused-ring (bicyclic) bond motifs is 1. The number of nitrogens with zero attached hydrogens (tertiary/aromatic N) is 1. The minimum atomic E-state index is -1.17. The Morgan fingerprint density at radius 3 is 2.54 bits per heavy atom. The van der Waals surface area contributed by atoms with E-state index < -0.39 is 23.9 Å². The van der Waals surface area contributed by atoms with Gasteiger partial charge in [0.05, 0.1) is 31.1 Å². The Labute approximate surface area is 149 Å². The van der Waals surface area contributed by atoms with Gasteiger partial charge < -0.3 is 25.6 Å². The molecule has 1 aromatic carbocycles. The lowest BCUT2D eigenvalue weighted by molar-refractivity contribution is -0.161. The lowest BCUT2D eigenvalue weighted by atomic mass is 9.82. The zero-order valence-corrected chi connectivity index (χ0v) is 14.2. The Hall–Kier alpha value is -2.87. The molecule has 2 amide bonds. The molecular weight excluding hydrogens is 340 g/mol. The van der Waals surface area contributed by atoms with Gasteiger partial charge in [-0.05, 0) is 36.6 Å². The topological polar surface area (TPSA) is 130 Å². The number of carbonyl (C=O) groups is 3. The summed E-state index contributed by atoms with van der Waals surface area (Å²) in [5.41, 5.74) is 6.26. The number of aliphatic hydroxyl groups is 1. The number of rotatable bonds is 7. The second-order valence-electron chi connectivity index (χ2n) is 6.47. The van der Waals surface area contributed by atoms with Crippen molar-refractivity contribution in [2.45, 2.75) is 31.9 Å². The molecule has 1 saturated heterocycles. The van der Waals surface area contributed by atoms with Crippen LogP contribution in [0.15, 0.2) is 30.0 Å². The number of β-lactam (4-membered cyclic amide) rings is 1. The third kappa shape index (κ3) is 3.03. The molecular formula is C18H20N2O6. The lowest BCUT2D eigenvalue weighted by Crippen LogP contribution is -2.61. The van der Waals surface area contributed by atoms with E-state index in [1.54, 1.807) is 24.3 Å². The molecule has 8 nitrogen and oxygen atoms in total. The first kappa shape index (κ1) is 17.9. The molecule has 2 aliphatic rings. The van der Waals surface area contributed by atoms with E-state index in [0.717, 1.165) is 0 Å². The van der Waals surface area contributed by atoms with E-state index >= 15 is 0 Å². The summed E-state index contributed by atoms with van der Waals surface area (Å²) in [5.74, 6) is -2.01. The van der Waals surface area contributed by atoms with Gasteiger partial charge in [0.25, 0.3) is 0 Å². The molecule has 2 aliphatic heterocycles. The SMILES string of the molecule is C[C@@H](O)[C@H]1C(=O)N2C(C(=O)O)=C(c3ccc(OCCC(N)=O)cc3)C[C@H]12. The van der Waals surface area contributed by atoms with Crippen LogP contribution in [0, 0.1) is 5.92 Å². The summed E-state index contributed by atoms with van der Waals surface area (Å²) < 4.78 is 5.40. The zero-order chi connectivity index (χ0) is 19.0. The average molecular weight is 360 g/mol. The smallest absolute Gasteiger partial charge is 0.352 e. The third-order valence-corrected chi connectivity index (χ3v) is 4.75. The van der Waals surface area contributed by atoms with E-state index in [2.05, 4.69) is 0 Å². The molecule has 0 saturated carbocycles. The Balaban J connectivity index is 1.81. The summed E-state index contributed by atoms with van der Waals surface area (Å²) in [4.78, 5) is 35.9. The van der Waals surface area contributed by atoms with Crippen LogP contribution >= 0.6 is 0 Å². The number of amides is 2. The van der Waals surface area contributed by atoms with Crippen LogP contribution in [0.5, 0.6) is 5.75 Å². The van der Waals surface area contributed by atoms with Crippen molar-refractivity contribution in [1.29, 1.82) is 0 Å². The molecule has 4 N–H and O–H groups in total. The highest BCUT2D eigenvalue weighted by Gasteiger charge is 2.56. The molecule has 0 aromatic heterocycles. The summed E-state index contributed by atoms with van der Waals surface area (Å²) in [5, 5.41) is 19.3. The number of primary amides is 1. The number of ether oxygens (including phenoxy) is 1. The Kier molecular flexibility index (Phi) is 4.69. The van der Waals surface area contributed by atoms with Crippen molar-refractivity contribution < 1.29 is 29.3 Å². The normalized spacial score (nSPS) is 22.7.